The number of rotatable bonds is 5. The number of phenols is 1. The Kier molecular flexibility index (Phi) is 6.08. The predicted molar refractivity (Wildman–Crippen MR) is 132 cm³/mol. The standard InChI is InChI=1S/C28H29NO8/c1-37-17-7-3-13(4-8-17)2-5-14-6-9-19(30)22-18(14)11-15-10-16-12-20(31)23(27(29)35)26(34)28(16,36)25(33)21(15)24(22)32/h3-4,6-9,15-16,20,23,30-32,36H,2,5,10-12H2,1H3,(H2,29,35)/t15-,16+,20?,23?,28+/m1/s1. The highest BCUT2D eigenvalue weighted by molar-refractivity contribution is 6.24. The van der Waals surface area contributed by atoms with Gasteiger partial charge in [-0.25, -0.2) is 0 Å². The fourth-order valence-corrected chi connectivity index (χ4v) is 6.29. The molecule has 0 heterocycles. The first-order valence-electron chi connectivity index (χ1n) is 12.3. The summed E-state index contributed by atoms with van der Waals surface area (Å²) in [6.07, 6.45) is 0.208. The molecule has 1 amide bonds. The zero-order chi connectivity index (χ0) is 26.6. The van der Waals surface area contributed by atoms with Crippen molar-refractivity contribution in [2.45, 2.75) is 43.8 Å². The van der Waals surface area contributed by atoms with E-state index in [1.54, 1.807) is 13.2 Å². The number of ketones is 2. The molecule has 2 fully saturated rings. The molecule has 2 unspecified atom stereocenters. The number of benzene rings is 2. The van der Waals surface area contributed by atoms with Crippen molar-refractivity contribution in [3.8, 4) is 11.5 Å². The van der Waals surface area contributed by atoms with E-state index in [1.165, 1.54) is 6.07 Å². The first-order chi connectivity index (χ1) is 17.6. The van der Waals surface area contributed by atoms with Crippen molar-refractivity contribution >= 4 is 23.2 Å². The summed E-state index contributed by atoms with van der Waals surface area (Å²) >= 11 is 0. The van der Waals surface area contributed by atoms with Gasteiger partial charge < -0.3 is 30.9 Å². The van der Waals surface area contributed by atoms with E-state index in [0.717, 1.165) is 16.9 Å². The molecule has 2 saturated carbocycles. The molecule has 2 aromatic rings. The molecule has 0 radical (unpaired) electrons. The molecule has 0 saturated heterocycles. The Hall–Kier alpha value is -3.69. The van der Waals surface area contributed by atoms with E-state index in [-0.39, 0.29) is 29.7 Å². The predicted octanol–water partition coefficient (Wildman–Crippen LogP) is 1.38. The third-order valence-electron chi connectivity index (χ3n) is 8.21. The Bertz CT molecular complexity index is 1330. The van der Waals surface area contributed by atoms with Gasteiger partial charge in [0, 0.05) is 11.5 Å². The molecular weight excluding hydrogens is 478 g/mol. The molecule has 0 bridgehead atoms. The number of primary amides is 1. The molecule has 194 valence electrons. The molecule has 0 aliphatic heterocycles. The first-order valence-corrected chi connectivity index (χ1v) is 12.3. The number of fused-ring (bicyclic) bond motifs is 3. The van der Waals surface area contributed by atoms with Gasteiger partial charge in [-0.15, -0.1) is 0 Å². The van der Waals surface area contributed by atoms with Gasteiger partial charge in [0.1, 0.15) is 23.2 Å². The summed E-state index contributed by atoms with van der Waals surface area (Å²) in [6.45, 7) is 0. The molecule has 3 aliphatic rings. The number of nitrogens with two attached hydrogens (primary N) is 1. The minimum absolute atomic E-state index is 0.114. The largest absolute Gasteiger partial charge is 0.507 e. The third kappa shape index (κ3) is 3.81. The molecule has 37 heavy (non-hydrogen) atoms. The lowest BCUT2D eigenvalue weighted by Gasteiger charge is -2.48. The van der Waals surface area contributed by atoms with Crippen molar-refractivity contribution in [2.75, 3.05) is 7.11 Å². The number of aryl methyl sites for hydroxylation is 2. The van der Waals surface area contributed by atoms with E-state index in [2.05, 4.69) is 0 Å². The zero-order valence-electron chi connectivity index (χ0n) is 20.3. The van der Waals surface area contributed by atoms with Crippen molar-refractivity contribution < 1.29 is 39.5 Å². The number of Topliss-reactive ketones (excluding diaryl/α,β-unsaturated/α-hetero) is 2. The molecule has 6 N–H and O–H groups in total. The maximum Gasteiger partial charge on any atom is 0.230 e. The number of aromatic hydroxyl groups is 1. The van der Waals surface area contributed by atoms with Gasteiger partial charge >= 0.3 is 0 Å². The average Bonchev–Trinajstić information content (AvgIpc) is 2.86. The fraction of sp³-hybridized carbons (Fsp3) is 0.393. The molecule has 0 spiro atoms. The number of hydrogen-bond donors (Lipinski definition) is 5. The number of phenolic OH excluding ortho intramolecular Hbond substituents is 1. The zero-order valence-corrected chi connectivity index (χ0v) is 20.3. The lowest BCUT2D eigenvalue weighted by molar-refractivity contribution is -0.174. The Morgan fingerprint density at radius 1 is 1.08 bits per heavy atom. The number of ether oxygens (including phenoxy) is 1. The van der Waals surface area contributed by atoms with Crippen LogP contribution in [-0.2, 0) is 33.6 Å². The number of carbonyl (C=O) groups is 3. The van der Waals surface area contributed by atoms with E-state index in [9.17, 15) is 34.8 Å². The van der Waals surface area contributed by atoms with Crippen molar-refractivity contribution in [3.63, 3.8) is 0 Å². The Labute approximate surface area is 213 Å². The molecular formula is C28H29NO8. The Morgan fingerprint density at radius 2 is 1.78 bits per heavy atom. The van der Waals surface area contributed by atoms with Gasteiger partial charge in [0.05, 0.1) is 18.8 Å². The highest BCUT2D eigenvalue weighted by Gasteiger charge is 2.63. The van der Waals surface area contributed by atoms with E-state index in [0.29, 0.717) is 24.8 Å². The van der Waals surface area contributed by atoms with E-state index >= 15 is 0 Å². The number of methoxy groups -OCH3 is 1. The van der Waals surface area contributed by atoms with E-state index in [1.807, 2.05) is 24.3 Å². The van der Waals surface area contributed by atoms with Crippen LogP contribution in [0.15, 0.2) is 42.0 Å². The highest BCUT2D eigenvalue weighted by Crippen LogP contribution is 2.51. The van der Waals surface area contributed by atoms with Crippen molar-refractivity contribution in [1.82, 2.24) is 0 Å². The smallest absolute Gasteiger partial charge is 0.230 e. The van der Waals surface area contributed by atoms with E-state index in [4.69, 9.17) is 10.5 Å². The van der Waals surface area contributed by atoms with Crippen LogP contribution in [0, 0.1) is 17.8 Å². The minimum atomic E-state index is -2.57. The van der Waals surface area contributed by atoms with Crippen LogP contribution < -0.4 is 10.5 Å². The lowest BCUT2D eigenvalue weighted by Crippen LogP contribution is -2.66. The van der Waals surface area contributed by atoms with Crippen molar-refractivity contribution in [3.05, 3.63) is 64.2 Å². The second-order valence-electron chi connectivity index (χ2n) is 10.2. The summed E-state index contributed by atoms with van der Waals surface area (Å²) in [5.41, 5.74) is 5.36. The van der Waals surface area contributed by atoms with Crippen LogP contribution in [0.25, 0.3) is 5.76 Å². The van der Waals surface area contributed by atoms with Crippen molar-refractivity contribution in [1.29, 1.82) is 0 Å². The molecule has 9 nitrogen and oxygen atoms in total. The molecule has 9 heteroatoms. The maximum atomic E-state index is 13.6. The molecule has 2 aromatic carbocycles. The summed E-state index contributed by atoms with van der Waals surface area (Å²) in [6, 6.07) is 10.9. The number of hydrogen-bond acceptors (Lipinski definition) is 8. The molecule has 3 aliphatic carbocycles. The Balaban J connectivity index is 1.52. The number of carbonyl (C=O) groups excluding carboxylic acids is 3. The SMILES string of the molecule is COc1ccc(CCc2ccc(O)c3c2C[C@H]2C[C@H]4CC(O)C(C(N)=O)C(=O)[C@@]4(O)C(=O)C2=C3O)cc1. The van der Waals surface area contributed by atoms with Gasteiger partial charge in [-0.1, -0.05) is 18.2 Å². The third-order valence-corrected chi connectivity index (χ3v) is 8.21. The molecule has 5 rings (SSSR count). The van der Waals surface area contributed by atoms with Gasteiger partial charge in [0.25, 0.3) is 0 Å². The average molecular weight is 508 g/mol. The number of amides is 1. The first kappa shape index (κ1) is 25.0. The van der Waals surface area contributed by atoms with Crippen molar-refractivity contribution in [2.24, 2.45) is 23.5 Å². The monoisotopic (exact) mass is 507 g/mol. The summed E-state index contributed by atoms with van der Waals surface area (Å²) in [4.78, 5) is 38.4. The summed E-state index contributed by atoms with van der Waals surface area (Å²) in [5, 5.41) is 43.5. The number of aliphatic hydroxyl groups excluding tert-OH is 2. The molecule has 5 atom stereocenters. The van der Waals surface area contributed by atoms with Gasteiger partial charge in [-0.05, 0) is 72.9 Å². The van der Waals surface area contributed by atoms with Crippen LogP contribution in [0.1, 0.15) is 35.1 Å². The molecule has 0 aromatic heterocycles. The van der Waals surface area contributed by atoms with Crippen LogP contribution in [0.5, 0.6) is 11.5 Å². The van der Waals surface area contributed by atoms with E-state index < -0.39 is 52.7 Å². The van der Waals surface area contributed by atoms with Gasteiger partial charge in [-0.3, -0.25) is 14.4 Å². The van der Waals surface area contributed by atoms with Crippen LogP contribution in [-0.4, -0.2) is 56.7 Å². The minimum Gasteiger partial charge on any atom is -0.507 e. The summed E-state index contributed by atoms with van der Waals surface area (Å²) in [5.74, 6) is -6.36. The topological polar surface area (TPSA) is 167 Å². The van der Waals surface area contributed by atoms with Gasteiger partial charge in [0.2, 0.25) is 11.7 Å². The van der Waals surface area contributed by atoms with Crippen LogP contribution >= 0.6 is 0 Å². The van der Waals surface area contributed by atoms with Gasteiger partial charge in [-0.2, -0.15) is 0 Å². The number of aliphatic hydroxyl groups is 3. The van der Waals surface area contributed by atoms with Crippen LogP contribution in [0.2, 0.25) is 0 Å². The fourth-order valence-electron chi connectivity index (χ4n) is 6.29. The second kappa shape index (κ2) is 9.00. The Morgan fingerprint density at radius 3 is 2.43 bits per heavy atom. The summed E-state index contributed by atoms with van der Waals surface area (Å²) < 4.78 is 5.20. The summed E-state index contributed by atoms with van der Waals surface area (Å²) in [7, 11) is 1.60. The van der Waals surface area contributed by atoms with Gasteiger partial charge in [0.15, 0.2) is 11.4 Å². The lowest BCUT2D eigenvalue weighted by atomic mass is 9.56. The normalized spacial score (nSPS) is 28.8. The quantitative estimate of drug-likeness (QED) is 0.378. The van der Waals surface area contributed by atoms with Crippen LogP contribution in [0.3, 0.4) is 0 Å². The van der Waals surface area contributed by atoms with Crippen LogP contribution in [0.4, 0.5) is 0 Å². The second-order valence-corrected chi connectivity index (χ2v) is 10.2. The maximum absolute atomic E-state index is 13.6. The highest BCUT2D eigenvalue weighted by atomic mass is 16.5.